The number of carbonyl (C=O) groups excluding carboxylic acids is 4. The number of esters is 2. The highest BCUT2D eigenvalue weighted by molar-refractivity contribution is 5.96. The van der Waals surface area contributed by atoms with Gasteiger partial charge in [-0.25, -0.2) is 4.79 Å². The lowest BCUT2D eigenvalue weighted by atomic mass is 9.46. The number of H-pyrrole nitrogens is 1. The van der Waals surface area contributed by atoms with Crippen molar-refractivity contribution in [3.63, 3.8) is 0 Å². The molecule has 78 heavy (non-hydrogen) atoms. The van der Waals surface area contributed by atoms with Crippen molar-refractivity contribution in [2.45, 2.75) is 177 Å². The minimum atomic E-state index is -2.12. The fourth-order valence-electron chi connectivity index (χ4n) is 16.2. The SMILES string of the molecule is CCC(CO)OC(COC(=O)CCCC(=O)NC(C)C(=O)OCCCC1CN2c3cc(C)c([C@@]4(C)CC5CN(CCc6c4[nH]c4ccccc64)CC(O)(CC)C5)cc3[C@]34CCN5CC=C[C@](CC)(C53)[C@@H](O)[C@](O)(C1=O)C24)OC. The number of ether oxygens (including phenoxy) is 4. The monoisotopic (exact) mass is 1080 g/mol. The average molecular weight is 1080 g/mol. The number of anilines is 1. The van der Waals surface area contributed by atoms with Crippen LogP contribution >= 0.6 is 0 Å². The molecule has 0 radical (unpaired) electrons. The molecule has 3 aromatic rings. The third kappa shape index (κ3) is 9.42. The third-order valence-electron chi connectivity index (χ3n) is 19.8. The minimum absolute atomic E-state index is 0.0209. The Morgan fingerprint density at radius 1 is 0.974 bits per heavy atom. The molecule has 7 aliphatic rings. The number of hydrogen-bond acceptors (Lipinski definition) is 15. The minimum Gasteiger partial charge on any atom is -0.464 e. The predicted octanol–water partition coefficient (Wildman–Crippen LogP) is 5.26. The molecule has 1 aromatic heterocycles. The van der Waals surface area contributed by atoms with Gasteiger partial charge in [-0.2, -0.15) is 0 Å². The van der Waals surface area contributed by atoms with Crippen molar-refractivity contribution in [1.29, 1.82) is 0 Å². The summed E-state index contributed by atoms with van der Waals surface area (Å²) < 4.78 is 21.7. The fourth-order valence-corrected chi connectivity index (χ4v) is 16.2. The summed E-state index contributed by atoms with van der Waals surface area (Å²) in [5, 5.41) is 51.9. The molecule has 4 fully saturated rings. The number of rotatable bonds is 20. The molecular formula is C61H85N5O12. The van der Waals surface area contributed by atoms with Crippen LogP contribution in [0.15, 0.2) is 48.6 Å². The molecule has 10 rings (SSSR count). The number of carbonyl (C=O) groups is 4. The number of amides is 1. The number of piperidine rings is 2. The van der Waals surface area contributed by atoms with Crippen LogP contribution in [-0.4, -0.2) is 173 Å². The number of benzene rings is 2. The van der Waals surface area contributed by atoms with E-state index in [9.17, 15) is 34.8 Å². The van der Waals surface area contributed by atoms with Gasteiger partial charge in [0, 0.05) is 103 Å². The van der Waals surface area contributed by atoms with Gasteiger partial charge in [-0.1, -0.05) is 57.2 Å². The van der Waals surface area contributed by atoms with Crippen LogP contribution in [0.4, 0.5) is 5.69 Å². The molecule has 2 bridgehead atoms. The van der Waals surface area contributed by atoms with Gasteiger partial charge in [0.05, 0.1) is 31.0 Å². The first-order valence-electron chi connectivity index (χ1n) is 29.1. The van der Waals surface area contributed by atoms with Crippen molar-refractivity contribution in [3.05, 3.63) is 76.5 Å². The molecule has 1 aliphatic carbocycles. The summed E-state index contributed by atoms with van der Waals surface area (Å²) in [7, 11) is 1.41. The maximum absolute atomic E-state index is 15.4. The zero-order valence-corrected chi connectivity index (χ0v) is 47.0. The highest BCUT2D eigenvalue weighted by atomic mass is 16.7. The van der Waals surface area contributed by atoms with E-state index in [1.54, 1.807) is 0 Å². The van der Waals surface area contributed by atoms with Gasteiger partial charge in [0.15, 0.2) is 17.7 Å². The Morgan fingerprint density at radius 3 is 2.51 bits per heavy atom. The maximum Gasteiger partial charge on any atom is 0.328 e. The van der Waals surface area contributed by atoms with E-state index in [1.807, 2.05) is 6.92 Å². The van der Waals surface area contributed by atoms with Crippen LogP contribution in [0.25, 0.3) is 10.9 Å². The molecule has 1 saturated carbocycles. The number of aromatic nitrogens is 1. The van der Waals surface area contributed by atoms with Crippen molar-refractivity contribution >= 4 is 40.2 Å². The van der Waals surface area contributed by atoms with Gasteiger partial charge < -0.3 is 54.6 Å². The second-order valence-electron chi connectivity index (χ2n) is 24.4. The summed E-state index contributed by atoms with van der Waals surface area (Å²) in [5.74, 6) is -2.44. The van der Waals surface area contributed by atoms with E-state index < -0.39 is 81.8 Å². The summed E-state index contributed by atoms with van der Waals surface area (Å²) in [6.07, 6.45) is 7.18. The van der Waals surface area contributed by atoms with E-state index >= 15 is 4.79 Å². The van der Waals surface area contributed by atoms with Crippen LogP contribution < -0.4 is 10.2 Å². The molecule has 7 heterocycles. The Bertz CT molecular complexity index is 2780. The lowest BCUT2D eigenvalue weighted by Crippen LogP contribution is -2.83. The maximum atomic E-state index is 15.4. The smallest absolute Gasteiger partial charge is 0.328 e. The van der Waals surface area contributed by atoms with Crippen LogP contribution in [0.3, 0.4) is 0 Å². The number of fused-ring (bicyclic) bond motifs is 7. The second-order valence-corrected chi connectivity index (χ2v) is 24.4. The summed E-state index contributed by atoms with van der Waals surface area (Å²) >= 11 is 0. The first-order valence-corrected chi connectivity index (χ1v) is 29.1. The van der Waals surface area contributed by atoms with Crippen LogP contribution in [0.5, 0.6) is 0 Å². The number of aliphatic hydroxyl groups excluding tert-OH is 2. The summed E-state index contributed by atoms with van der Waals surface area (Å²) in [6.45, 7) is 16.0. The predicted molar refractivity (Wildman–Crippen MR) is 294 cm³/mol. The van der Waals surface area contributed by atoms with Crippen LogP contribution in [0.1, 0.15) is 133 Å². The van der Waals surface area contributed by atoms with Crippen LogP contribution in [0.2, 0.25) is 0 Å². The normalized spacial score (nSPS) is 33.9. The standard InChI is InChI=1S/C61H85N5O12/c1-8-41(34-67)78-50(75-7)35-77-49(69)20-13-19-48(68)62-38(5)53(71)76-27-14-16-40-33-66-47-28-37(4)44(29-45(47)60-23-26-65-24-15-22-59(10-3,54(60)65)56(72)61(74,52(40)70)55(60)66)57(6)30-39-31-58(73,9-2)36-64(32-39)25-21-43-42-17-11-12-18-46(42)63-51(43)57/h11-12,15,17-18,22,28-29,38-41,50,54-56,63,67,72-74H,8-10,13-14,16,19-21,23-27,30-36H2,1-7H3,(H,62,68)/t38?,39?,40?,41?,50?,54?,55?,56-,57-,58?,59-,60-,61+/m1/s1. The highest BCUT2D eigenvalue weighted by Crippen LogP contribution is 2.69. The molecule has 1 spiro atoms. The highest BCUT2D eigenvalue weighted by Gasteiger charge is 2.80. The molecule has 17 heteroatoms. The topological polar surface area (TPSA) is 224 Å². The molecule has 6 N–H and O–H groups in total. The number of hydrogen-bond donors (Lipinski definition) is 6. The first kappa shape index (κ1) is 56.6. The van der Waals surface area contributed by atoms with Crippen molar-refractivity contribution in [2.24, 2.45) is 17.3 Å². The Morgan fingerprint density at radius 2 is 1.77 bits per heavy atom. The molecule has 1 amide bonds. The number of aryl methyl sites for hydroxylation is 1. The van der Waals surface area contributed by atoms with Crippen molar-refractivity contribution in [2.75, 3.05) is 71.1 Å². The van der Waals surface area contributed by atoms with E-state index in [0.717, 1.165) is 74.2 Å². The molecule has 426 valence electrons. The van der Waals surface area contributed by atoms with Gasteiger partial charge in [-0.05, 0) is 132 Å². The van der Waals surface area contributed by atoms with E-state index in [4.69, 9.17) is 18.9 Å². The molecule has 9 unspecified atom stereocenters. The molecule has 14 atom stereocenters. The number of aromatic amines is 1. The Kier molecular flexibility index (Phi) is 15.9. The molecule has 17 nitrogen and oxygen atoms in total. The van der Waals surface area contributed by atoms with Crippen LogP contribution in [0, 0.1) is 24.2 Å². The van der Waals surface area contributed by atoms with Gasteiger partial charge in [0.1, 0.15) is 18.8 Å². The Labute approximate surface area is 459 Å². The number of nitrogens with zero attached hydrogens (tertiary/aromatic N) is 3. The largest absolute Gasteiger partial charge is 0.464 e. The Balaban J connectivity index is 0.888. The van der Waals surface area contributed by atoms with Crippen molar-refractivity contribution in [1.82, 2.24) is 20.1 Å². The summed E-state index contributed by atoms with van der Waals surface area (Å²) in [4.78, 5) is 65.0. The zero-order chi connectivity index (χ0) is 55.5. The molecule has 6 aliphatic heterocycles. The third-order valence-corrected chi connectivity index (χ3v) is 19.8. The van der Waals surface area contributed by atoms with E-state index in [0.29, 0.717) is 45.2 Å². The lowest BCUT2D eigenvalue weighted by Gasteiger charge is -2.65. The number of para-hydroxylation sites is 1. The number of methoxy groups -OCH3 is 1. The van der Waals surface area contributed by atoms with Crippen LogP contribution in [-0.2, 0) is 55.4 Å². The number of nitrogens with one attached hydrogen (secondary N) is 2. The molecular weight excluding hydrogens is 995 g/mol. The summed E-state index contributed by atoms with van der Waals surface area (Å²) in [5.41, 5.74) is 3.11. The van der Waals surface area contributed by atoms with E-state index in [-0.39, 0.29) is 56.8 Å². The summed E-state index contributed by atoms with van der Waals surface area (Å²) in [6, 6.07) is 11.5. The molecule has 2 aromatic carbocycles. The zero-order valence-electron chi connectivity index (χ0n) is 47.0. The van der Waals surface area contributed by atoms with Gasteiger partial charge in [0.2, 0.25) is 5.91 Å². The fraction of sp³-hybridized carbons (Fsp3) is 0.672. The van der Waals surface area contributed by atoms with Crippen molar-refractivity contribution in [3.8, 4) is 0 Å². The average Bonchev–Trinajstić information content (AvgIpc) is 2.62. The number of aliphatic hydroxyl groups is 4. The Hall–Kier alpha value is -4.72. The van der Waals surface area contributed by atoms with Gasteiger partial charge in [0.25, 0.3) is 0 Å². The van der Waals surface area contributed by atoms with Gasteiger partial charge >= 0.3 is 11.9 Å². The van der Waals surface area contributed by atoms with Gasteiger partial charge in [-0.15, -0.1) is 0 Å². The van der Waals surface area contributed by atoms with E-state index in [1.165, 1.54) is 36.2 Å². The van der Waals surface area contributed by atoms with E-state index in [2.05, 4.69) is 101 Å². The first-order chi connectivity index (χ1) is 37.3. The number of Topliss-reactive ketones (excluding diaryl/α,β-unsaturated/α-hetero) is 1. The quantitative estimate of drug-likeness (QED) is 0.0368. The van der Waals surface area contributed by atoms with Gasteiger partial charge in [-0.3, -0.25) is 24.2 Å². The lowest BCUT2D eigenvalue weighted by molar-refractivity contribution is -0.209. The molecule has 3 saturated heterocycles. The van der Waals surface area contributed by atoms with Crippen molar-refractivity contribution < 1.29 is 58.6 Å². The number of ketones is 1. The second kappa shape index (κ2) is 22.0.